The van der Waals surface area contributed by atoms with E-state index in [4.69, 9.17) is 5.11 Å². The van der Waals surface area contributed by atoms with Gasteiger partial charge in [-0.05, 0) is 24.1 Å². The Labute approximate surface area is 141 Å². The monoisotopic (exact) mass is 357 g/mol. The Morgan fingerprint density at radius 1 is 1.20 bits per heavy atom. The number of benzene rings is 1. The molecule has 0 amide bonds. The summed E-state index contributed by atoms with van der Waals surface area (Å²) in [6, 6.07) is 5.86. The zero-order valence-corrected chi connectivity index (χ0v) is 13.5. The Kier molecular flexibility index (Phi) is 5.68. The molecule has 1 aromatic carbocycles. The summed E-state index contributed by atoms with van der Waals surface area (Å²) >= 11 is 0. The molecule has 2 aromatic rings. The summed E-state index contributed by atoms with van der Waals surface area (Å²) in [6.45, 7) is 0.111. The van der Waals surface area contributed by atoms with E-state index in [1.165, 1.54) is 29.8 Å². The van der Waals surface area contributed by atoms with Crippen molar-refractivity contribution in [2.24, 2.45) is 7.05 Å². The van der Waals surface area contributed by atoms with Gasteiger partial charge in [-0.15, -0.1) is 0 Å². The average molecular weight is 357 g/mol. The van der Waals surface area contributed by atoms with Crippen LogP contribution in [0.25, 0.3) is 0 Å². The molecule has 0 radical (unpaired) electrons. The third-order valence-electron chi connectivity index (χ3n) is 3.64. The summed E-state index contributed by atoms with van der Waals surface area (Å²) in [6.07, 6.45) is -4.08. The number of aliphatic hydroxyl groups excluding tert-OH is 1. The normalized spacial score (nSPS) is 11.6. The summed E-state index contributed by atoms with van der Waals surface area (Å²) in [5.41, 5.74) is -1.70. The van der Waals surface area contributed by atoms with Gasteiger partial charge in [-0.2, -0.15) is 13.2 Å². The summed E-state index contributed by atoms with van der Waals surface area (Å²) in [5.74, 6) is 0.193. The van der Waals surface area contributed by atoms with E-state index in [1.807, 2.05) is 0 Å². The SMILES string of the molecule is Cn1c(=O)cc(NCCCO)n(Cc2cccc(C(F)(F)F)c2)c1=O. The maximum absolute atomic E-state index is 12.8. The van der Waals surface area contributed by atoms with Crippen molar-refractivity contribution in [3.05, 3.63) is 62.3 Å². The number of nitrogens with zero attached hydrogens (tertiary/aromatic N) is 2. The smallest absolute Gasteiger partial charge is 0.396 e. The standard InChI is InChI=1S/C16H18F3N3O3/c1-21-14(24)9-13(20-6-3-7-23)22(15(21)25)10-11-4-2-5-12(8-11)16(17,18)19/h2,4-5,8-9,20,23H,3,6-7,10H2,1H3. The molecule has 2 rings (SSSR count). The van der Waals surface area contributed by atoms with Crippen molar-refractivity contribution in [3.8, 4) is 0 Å². The molecule has 0 fully saturated rings. The maximum atomic E-state index is 12.8. The predicted octanol–water partition coefficient (Wildman–Crippen LogP) is 1.41. The fraction of sp³-hybridized carbons (Fsp3) is 0.375. The van der Waals surface area contributed by atoms with Crippen LogP contribution in [0.5, 0.6) is 0 Å². The number of hydrogen-bond acceptors (Lipinski definition) is 4. The van der Waals surface area contributed by atoms with E-state index >= 15 is 0 Å². The van der Waals surface area contributed by atoms with Gasteiger partial charge in [0.1, 0.15) is 5.82 Å². The molecule has 0 atom stereocenters. The van der Waals surface area contributed by atoms with E-state index in [0.29, 0.717) is 13.0 Å². The molecule has 2 N–H and O–H groups in total. The number of alkyl halides is 3. The Hall–Kier alpha value is -2.55. The molecule has 6 nitrogen and oxygen atoms in total. The lowest BCUT2D eigenvalue weighted by molar-refractivity contribution is -0.137. The van der Waals surface area contributed by atoms with Gasteiger partial charge in [0.25, 0.3) is 5.56 Å². The van der Waals surface area contributed by atoms with E-state index in [9.17, 15) is 22.8 Å². The molecular weight excluding hydrogens is 339 g/mol. The van der Waals surface area contributed by atoms with E-state index in [-0.39, 0.29) is 24.5 Å². The minimum atomic E-state index is -4.48. The van der Waals surface area contributed by atoms with Crippen molar-refractivity contribution >= 4 is 5.82 Å². The van der Waals surface area contributed by atoms with Crippen LogP contribution >= 0.6 is 0 Å². The fourth-order valence-electron chi connectivity index (χ4n) is 2.29. The zero-order chi connectivity index (χ0) is 18.6. The lowest BCUT2D eigenvalue weighted by Gasteiger charge is -2.16. The van der Waals surface area contributed by atoms with E-state index in [0.717, 1.165) is 16.7 Å². The van der Waals surface area contributed by atoms with Crippen LogP contribution < -0.4 is 16.6 Å². The predicted molar refractivity (Wildman–Crippen MR) is 86.7 cm³/mol. The van der Waals surface area contributed by atoms with Crippen LogP contribution in [0.1, 0.15) is 17.5 Å². The van der Waals surface area contributed by atoms with Crippen molar-refractivity contribution in [1.29, 1.82) is 0 Å². The van der Waals surface area contributed by atoms with Crippen LogP contribution in [-0.2, 0) is 19.8 Å². The van der Waals surface area contributed by atoms with Crippen molar-refractivity contribution in [1.82, 2.24) is 9.13 Å². The number of hydrogen-bond donors (Lipinski definition) is 2. The van der Waals surface area contributed by atoms with Crippen molar-refractivity contribution in [3.63, 3.8) is 0 Å². The highest BCUT2D eigenvalue weighted by Crippen LogP contribution is 2.29. The first-order valence-electron chi connectivity index (χ1n) is 7.56. The molecule has 0 aliphatic rings. The van der Waals surface area contributed by atoms with Crippen molar-refractivity contribution < 1.29 is 18.3 Å². The average Bonchev–Trinajstić information content (AvgIpc) is 2.56. The molecule has 1 heterocycles. The Balaban J connectivity index is 2.43. The quantitative estimate of drug-likeness (QED) is 0.767. The molecule has 0 spiro atoms. The van der Waals surface area contributed by atoms with E-state index in [2.05, 4.69) is 5.32 Å². The van der Waals surface area contributed by atoms with Crippen LogP contribution in [0.15, 0.2) is 39.9 Å². The van der Waals surface area contributed by atoms with Crippen LogP contribution in [-0.4, -0.2) is 27.4 Å². The van der Waals surface area contributed by atoms with Gasteiger partial charge in [-0.25, -0.2) is 4.79 Å². The summed E-state index contributed by atoms with van der Waals surface area (Å²) in [4.78, 5) is 24.1. The van der Waals surface area contributed by atoms with Gasteiger partial charge in [0.15, 0.2) is 0 Å². The summed E-state index contributed by atoms with van der Waals surface area (Å²) in [7, 11) is 1.30. The zero-order valence-electron chi connectivity index (χ0n) is 13.5. The van der Waals surface area contributed by atoms with Crippen LogP contribution in [0.4, 0.5) is 19.0 Å². The molecule has 0 saturated carbocycles. The highest BCUT2D eigenvalue weighted by molar-refractivity contribution is 5.36. The lowest BCUT2D eigenvalue weighted by Crippen LogP contribution is -2.39. The first-order valence-corrected chi connectivity index (χ1v) is 7.56. The number of aromatic nitrogens is 2. The lowest BCUT2D eigenvalue weighted by atomic mass is 10.1. The first kappa shape index (κ1) is 18.8. The molecular formula is C16H18F3N3O3. The number of anilines is 1. The van der Waals surface area contributed by atoms with Crippen molar-refractivity contribution in [2.75, 3.05) is 18.5 Å². The van der Waals surface area contributed by atoms with E-state index < -0.39 is 23.0 Å². The number of aliphatic hydroxyl groups is 1. The third kappa shape index (κ3) is 4.50. The Morgan fingerprint density at radius 3 is 2.56 bits per heavy atom. The number of rotatable bonds is 6. The van der Waals surface area contributed by atoms with Crippen LogP contribution in [0, 0.1) is 0 Å². The second-order valence-corrected chi connectivity index (χ2v) is 5.50. The molecule has 25 heavy (non-hydrogen) atoms. The van der Waals surface area contributed by atoms with Gasteiger partial charge in [-0.3, -0.25) is 13.9 Å². The Morgan fingerprint density at radius 2 is 1.92 bits per heavy atom. The van der Waals surface area contributed by atoms with E-state index in [1.54, 1.807) is 0 Å². The molecule has 9 heteroatoms. The molecule has 1 aromatic heterocycles. The molecule has 0 saturated heterocycles. The first-order chi connectivity index (χ1) is 11.7. The minimum absolute atomic E-state index is 0.0737. The van der Waals surface area contributed by atoms with Gasteiger partial charge in [0.05, 0.1) is 12.1 Å². The Bertz CT molecular complexity index is 856. The van der Waals surface area contributed by atoms with Gasteiger partial charge < -0.3 is 10.4 Å². The van der Waals surface area contributed by atoms with Crippen molar-refractivity contribution in [2.45, 2.75) is 19.1 Å². The topological polar surface area (TPSA) is 76.3 Å². The van der Waals surface area contributed by atoms with Gasteiger partial charge in [-0.1, -0.05) is 12.1 Å². The summed E-state index contributed by atoms with van der Waals surface area (Å²) < 4.78 is 40.6. The van der Waals surface area contributed by atoms with Gasteiger partial charge in [0, 0.05) is 26.3 Å². The molecule has 136 valence electrons. The largest absolute Gasteiger partial charge is 0.416 e. The third-order valence-corrected chi connectivity index (χ3v) is 3.64. The molecule has 0 aliphatic heterocycles. The maximum Gasteiger partial charge on any atom is 0.416 e. The number of halogens is 3. The van der Waals surface area contributed by atoms with Gasteiger partial charge >= 0.3 is 11.9 Å². The van der Waals surface area contributed by atoms with Crippen LogP contribution in [0.2, 0.25) is 0 Å². The fourth-order valence-corrected chi connectivity index (χ4v) is 2.29. The second kappa shape index (κ2) is 7.56. The molecule has 0 unspecified atom stereocenters. The molecule has 0 bridgehead atoms. The highest BCUT2D eigenvalue weighted by Gasteiger charge is 2.30. The highest BCUT2D eigenvalue weighted by atomic mass is 19.4. The van der Waals surface area contributed by atoms with Crippen LogP contribution in [0.3, 0.4) is 0 Å². The second-order valence-electron chi connectivity index (χ2n) is 5.50. The van der Waals surface area contributed by atoms with Gasteiger partial charge in [0.2, 0.25) is 0 Å². The molecule has 0 aliphatic carbocycles. The minimum Gasteiger partial charge on any atom is -0.396 e. The number of nitrogens with one attached hydrogen (secondary N) is 1. The summed E-state index contributed by atoms with van der Waals surface area (Å²) in [5, 5.41) is 11.7.